The Labute approximate surface area is 487 Å². The second kappa shape index (κ2) is 57.9. The molecule has 3 unspecified atom stereocenters. The Bertz CT molecular complexity index is 1720. The van der Waals surface area contributed by atoms with E-state index in [1.807, 2.05) is 33.3 Å². The average molecular weight is 1120 g/mol. The van der Waals surface area contributed by atoms with Gasteiger partial charge >= 0.3 is 5.97 Å². The number of quaternary nitrogens is 1. The van der Waals surface area contributed by atoms with Crippen LogP contribution in [0.15, 0.2) is 109 Å². The lowest BCUT2D eigenvalue weighted by atomic mass is 10.0. The molecule has 0 aliphatic heterocycles. The molecule has 0 spiro atoms. The summed E-state index contributed by atoms with van der Waals surface area (Å²) in [6.07, 6.45) is 79.2. The molecule has 9 nitrogen and oxygen atoms in total. The van der Waals surface area contributed by atoms with Crippen LogP contribution in [-0.2, 0) is 27.9 Å². The van der Waals surface area contributed by atoms with E-state index >= 15 is 0 Å². The van der Waals surface area contributed by atoms with Crippen LogP contribution in [0.25, 0.3) is 0 Å². The normalized spacial score (nSPS) is 14.4. The standard InChI is InChI=1S/C69H121N2O7P/c1-7-10-13-16-19-22-25-27-29-31-32-33-34-35-36-37-38-40-41-43-46-49-52-55-58-61-68(72)70-66(65-77-79(74,75)76-64-63-71(4,5)6)67(60-57-54-51-48-45-24-21-18-15-12-9-3)78-69(73)62-59-56-53-50-47-44-42-39-30-28-26-23-20-17-14-11-8-2/h19-20,22-23,27-30,32-33,35-36,42,44,50,53,57,60,66-67H,7-18,21,24-26,31,34,37-41,43,45-49,51-52,54-56,58-59,61-65H2,1-6H3,(H-,70,72,74,75)/b22-19-,23-20-,29-27-,30-28-,33-32-,36-35-,44-42-,53-50-,60-57-. The van der Waals surface area contributed by atoms with Crippen LogP contribution in [0.4, 0.5) is 0 Å². The number of carbonyl (C=O) groups excluding carboxylic acids is 2. The highest BCUT2D eigenvalue weighted by Crippen LogP contribution is 2.38. The molecular weight excluding hydrogens is 1000 g/mol. The maximum atomic E-state index is 13.5. The van der Waals surface area contributed by atoms with E-state index in [4.69, 9.17) is 13.8 Å². The van der Waals surface area contributed by atoms with Gasteiger partial charge in [-0.15, -0.1) is 0 Å². The lowest BCUT2D eigenvalue weighted by Gasteiger charge is -2.30. The summed E-state index contributed by atoms with van der Waals surface area (Å²) < 4.78 is 30.3. The number of phosphoric ester groups is 1. The molecule has 0 fully saturated rings. The van der Waals surface area contributed by atoms with Gasteiger partial charge in [0.2, 0.25) is 5.91 Å². The van der Waals surface area contributed by atoms with Crippen molar-refractivity contribution in [2.24, 2.45) is 0 Å². The summed E-state index contributed by atoms with van der Waals surface area (Å²) in [4.78, 5) is 40.0. The first-order valence-electron chi connectivity index (χ1n) is 32.2. The molecule has 0 heterocycles. The molecule has 454 valence electrons. The number of likely N-dealkylation sites (N-methyl/N-ethyl adjacent to an activating group) is 1. The van der Waals surface area contributed by atoms with Crippen molar-refractivity contribution in [3.63, 3.8) is 0 Å². The van der Waals surface area contributed by atoms with Gasteiger partial charge < -0.3 is 28.5 Å². The number of nitrogens with one attached hydrogen (secondary N) is 1. The Hall–Kier alpha value is -3.33. The molecule has 0 bridgehead atoms. The summed E-state index contributed by atoms with van der Waals surface area (Å²) >= 11 is 0. The third kappa shape index (κ3) is 59.1. The Kier molecular flexibility index (Phi) is 55.4. The van der Waals surface area contributed by atoms with Gasteiger partial charge in [-0.25, -0.2) is 0 Å². The van der Waals surface area contributed by atoms with Gasteiger partial charge in [-0.2, -0.15) is 0 Å². The minimum absolute atomic E-state index is 0.0371. The first-order chi connectivity index (χ1) is 38.4. The van der Waals surface area contributed by atoms with Gasteiger partial charge in [0, 0.05) is 12.8 Å². The van der Waals surface area contributed by atoms with Crippen molar-refractivity contribution in [2.75, 3.05) is 40.9 Å². The van der Waals surface area contributed by atoms with Crippen molar-refractivity contribution in [3.8, 4) is 0 Å². The zero-order valence-electron chi connectivity index (χ0n) is 51.8. The van der Waals surface area contributed by atoms with E-state index in [2.05, 4.69) is 123 Å². The highest BCUT2D eigenvalue weighted by molar-refractivity contribution is 7.45. The van der Waals surface area contributed by atoms with Crippen LogP contribution in [0.1, 0.15) is 265 Å². The Morgan fingerprint density at radius 2 is 0.785 bits per heavy atom. The maximum absolute atomic E-state index is 13.5. The van der Waals surface area contributed by atoms with E-state index in [0.717, 1.165) is 96.3 Å². The molecule has 10 heteroatoms. The molecule has 1 N–H and O–H groups in total. The van der Waals surface area contributed by atoms with E-state index < -0.39 is 32.5 Å². The molecule has 79 heavy (non-hydrogen) atoms. The summed E-state index contributed by atoms with van der Waals surface area (Å²) in [5.41, 5.74) is 0. The molecule has 0 aliphatic carbocycles. The quantitative estimate of drug-likeness (QED) is 0.0212. The second-order valence-corrected chi connectivity index (χ2v) is 24.0. The summed E-state index contributed by atoms with van der Waals surface area (Å²) in [5.74, 6) is -0.618. The molecule has 0 aliphatic rings. The zero-order chi connectivity index (χ0) is 57.9. The van der Waals surface area contributed by atoms with Gasteiger partial charge in [-0.05, 0) is 115 Å². The lowest BCUT2D eigenvalue weighted by Crippen LogP contribution is -2.47. The monoisotopic (exact) mass is 1120 g/mol. The highest BCUT2D eigenvalue weighted by Gasteiger charge is 2.27. The van der Waals surface area contributed by atoms with Crippen LogP contribution in [-0.4, -0.2) is 69.4 Å². The number of esters is 1. The Morgan fingerprint density at radius 3 is 1.20 bits per heavy atom. The summed E-state index contributed by atoms with van der Waals surface area (Å²) in [6.45, 7) is 6.73. The maximum Gasteiger partial charge on any atom is 0.306 e. The van der Waals surface area contributed by atoms with Crippen LogP contribution < -0.4 is 10.2 Å². The summed E-state index contributed by atoms with van der Waals surface area (Å²) in [7, 11) is 1.14. The van der Waals surface area contributed by atoms with E-state index in [-0.39, 0.29) is 18.9 Å². The molecule has 0 saturated heterocycles. The fraction of sp³-hybridized carbons (Fsp3) is 0.710. The number of rotatable bonds is 57. The van der Waals surface area contributed by atoms with Crippen LogP contribution in [0.3, 0.4) is 0 Å². The number of ether oxygens (including phenoxy) is 1. The first-order valence-corrected chi connectivity index (χ1v) is 33.7. The molecule has 0 saturated carbocycles. The summed E-state index contributed by atoms with van der Waals surface area (Å²) in [5, 5.41) is 3.01. The van der Waals surface area contributed by atoms with E-state index in [1.54, 1.807) is 0 Å². The van der Waals surface area contributed by atoms with Crippen LogP contribution in [0.5, 0.6) is 0 Å². The van der Waals surface area contributed by atoms with Crippen molar-refractivity contribution in [2.45, 2.75) is 277 Å². The van der Waals surface area contributed by atoms with Crippen molar-refractivity contribution >= 4 is 19.7 Å². The van der Waals surface area contributed by atoms with Gasteiger partial charge in [0.1, 0.15) is 19.3 Å². The third-order valence-electron chi connectivity index (χ3n) is 13.7. The van der Waals surface area contributed by atoms with E-state index in [9.17, 15) is 19.0 Å². The van der Waals surface area contributed by atoms with Crippen molar-refractivity contribution in [1.29, 1.82) is 0 Å². The number of hydrogen-bond donors (Lipinski definition) is 1. The van der Waals surface area contributed by atoms with Gasteiger partial charge in [-0.1, -0.05) is 246 Å². The van der Waals surface area contributed by atoms with Crippen molar-refractivity contribution in [1.82, 2.24) is 5.32 Å². The predicted octanol–water partition coefficient (Wildman–Crippen LogP) is 19.5. The predicted molar refractivity (Wildman–Crippen MR) is 339 cm³/mol. The lowest BCUT2D eigenvalue weighted by molar-refractivity contribution is -0.870. The topological polar surface area (TPSA) is 114 Å². The largest absolute Gasteiger partial charge is 0.756 e. The third-order valence-corrected chi connectivity index (χ3v) is 14.6. The van der Waals surface area contributed by atoms with Crippen molar-refractivity contribution in [3.05, 3.63) is 109 Å². The molecular formula is C69H121N2O7P. The molecule has 0 aromatic carbocycles. The molecule has 3 atom stereocenters. The average Bonchev–Trinajstić information content (AvgIpc) is 3.41. The highest BCUT2D eigenvalue weighted by atomic mass is 31.2. The smallest absolute Gasteiger partial charge is 0.306 e. The Balaban J connectivity index is 5.22. The van der Waals surface area contributed by atoms with Gasteiger partial charge in [-0.3, -0.25) is 14.2 Å². The number of nitrogens with zero attached hydrogens (tertiary/aromatic N) is 1. The number of unbranched alkanes of at least 4 members (excludes halogenated alkanes) is 25. The van der Waals surface area contributed by atoms with Crippen LogP contribution >= 0.6 is 7.82 Å². The fourth-order valence-electron chi connectivity index (χ4n) is 8.67. The van der Waals surface area contributed by atoms with E-state index in [0.29, 0.717) is 23.9 Å². The number of phosphoric acid groups is 1. The first kappa shape index (κ1) is 75.7. The zero-order valence-corrected chi connectivity index (χ0v) is 52.7. The molecule has 0 aromatic rings. The summed E-state index contributed by atoms with van der Waals surface area (Å²) in [6, 6.07) is -0.920. The van der Waals surface area contributed by atoms with Gasteiger partial charge in [0.05, 0.1) is 33.8 Å². The molecule has 1 amide bonds. The second-order valence-electron chi connectivity index (χ2n) is 22.6. The number of hydrogen-bond acceptors (Lipinski definition) is 7. The molecule has 0 radical (unpaired) electrons. The number of carbonyl (C=O) groups is 2. The van der Waals surface area contributed by atoms with Crippen LogP contribution in [0.2, 0.25) is 0 Å². The SMILES string of the molecule is CCCCC/C=C\C/C=C\C/C=C\C/C=C\CCCCCCCCCCCC(=O)NC(COP(=O)([O-])OCC[N+](C)(C)C)C(/C=C\CCCCCCCCCCC)OC(=O)CCC/C=C\C/C=C\C/C=C\C/C=C\CCCCC. The van der Waals surface area contributed by atoms with E-state index in [1.165, 1.54) is 128 Å². The van der Waals surface area contributed by atoms with Gasteiger partial charge in [0.15, 0.2) is 0 Å². The van der Waals surface area contributed by atoms with Crippen LogP contribution in [0, 0.1) is 0 Å². The van der Waals surface area contributed by atoms with Gasteiger partial charge in [0.25, 0.3) is 7.82 Å². The molecule has 0 aromatic heterocycles. The minimum atomic E-state index is -4.72. The number of amides is 1. The molecule has 0 rings (SSSR count). The fourth-order valence-corrected chi connectivity index (χ4v) is 9.40. The van der Waals surface area contributed by atoms with Crippen molar-refractivity contribution < 1.29 is 37.3 Å². The minimum Gasteiger partial charge on any atom is -0.756 e. The number of allylic oxidation sites excluding steroid dienone is 17. The Morgan fingerprint density at radius 1 is 0.443 bits per heavy atom.